The molecule has 6 nitrogen and oxygen atoms in total. The van der Waals surface area contributed by atoms with Gasteiger partial charge in [-0.2, -0.15) is 0 Å². The molecular formula is C27H25NO5. The highest BCUT2D eigenvalue weighted by Gasteiger charge is 2.10. The van der Waals surface area contributed by atoms with Crippen molar-refractivity contribution in [1.82, 2.24) is 0 Å². The smallest absolute Gasteiger partial charge is 0.338 e. The first-order valence-electron chi connectivity index (χ1n) is 10.8. The van der Waals surface area contributed by atoms with Crippen molar-refractivity contribution in [2.24, 2.45) is 4.99 Å². The zero-order chi connectivity index (χ0) is 23.2. The van der Waals surface area contributed by atoms with Crippen LogP contribution in [0.3, 0.4) is 0 Å². The maximum Gasteiger partial charge on any atom is 0.338 e. The lowest BCUT2D eigenvalue weighted by Crippen LogP contribution is -2.05. The molecule has 0 unspecified atom stereocenters. The molecule has 3 aromatic carbocycles. The third kappa shape index (κ3) is 5.06. The van der Waals surface area contributed by atoms with Gasteiger partial charge in [-0.25, -0.2) is 9.79 Å². The highest BCUT2D eigenvalue weighted by Crippen LogP contribution is 2.27. The largest absolute Gasteiger partial charge is 0.497 e. The molecule has 0 spiro atoms. The van der Waals surface area contributed by atoms with E-state index in [1.807, 2.05) is 61.5 Å². The van der Waals surface area contributed by atoms with Crippen LogP contribution in [0.2, 0.25) is 0 Å². The third-order valence-corrected chi connectivity index (χ3v) is 5.01. The molecule has 0 fully saturated rings. The standard InChI is InChI=1S/C27H25NO5/c1-4-31-22-13-14-25-23(16-22)24(17-26(33-25)18-9-11-21(30-3)12-10-18)28-20-8-6-7-19(15-20)27(29)32-5-2/h6-17H,4-5H2,1-3H3. The number of carbonyl (C=O) groups excluding carboxylic acids is 1. The lowest BCUT2D eigenvalue weighted by atomic mass is 10.1. The Morgan fingerprint density at radius 2 is 1.70 bits per heavy atom. The molecule has 0 bridgehead atoms. The first-order valence-corrected chi connectivity index (χ1v) is 10.8. The molecule has 33 heavy (non-hydrogen) atoms. The van der Waals surface area contributed by atoms with Crippen LogP contribution in [0.1, 0.15) is 24.2 Å². The molecule has 0 amide bonds. The Bertz CT molecular complexity index is 1340. The molecule has 4 aromatic rings. The Hall–Kier alpha value is -4.06. The molecule has 0 saturated heterocycles. The van der Waals surface area contributed by atoms with E-state index in [0.717, 1.165) is 22.4 Å². The number of ether oxygens (including phenoxy) is 3. The van der Waals surface area contributed by atoms with Crippen molar-refractivity contribution in [2.45, 2.75) is 13.8 Å². The Labute approximate surface area is 192 Å². The first kappa shape index (κ1) is 22.1. The number of esters is 1. The fourth-order valence-corrected chi connectivity index (χ4v) is 3.45. The highest BCUT2D eigenvalue weighted by molar-refractivity contribution is 5.90. The third-order valence-electron chi connectivity index (χ3n) is 5.01. The number of methoxy groups -OCH3 is 1. The van der Waals surface area contributed by atoms with Crippen molar-refractivity contribution in [1.29, 1.82) is 0 Å². The molecule has 0 N–H and O–H groups in total. The molecule has 0 saturated carbocycles. The van der Waals surface area contributed by atoms with Gasteiger partial charge in [0.1, 0.15) is 22.8 Å². The van der Waals surface area contributed by atoms with Gasteiger partial charge in [0.2, 0.25) is 0 Å². The quantitative estimate of drug-likeness (QED) is 0.332. The number of fused-ring (bicyclic) bond motifs is 1. The maximum absolute atomic E-state index is 12.2. The van der Waals surface area contributed by atoms with E-state index in [1.165, 1.54) is 0 Å². The average molecular weight is 443 g/mol. The topological polar surface area (TPSA) is 70.3 Å². The van der Waals surface area contributed by atoms with Crippen LogP contribution in [0.4, 0.5) is 5.69 Å². The molecule has 1 heterocycles. The summed E-state index contributed by atoms with van der Waals surface area (Å²) in [5.41, 5.74) is 2.65. The minimum absolute atomic E-state index is 0.316. The van der Waals surface area contributed by atoms with E-state index < -0.39 is 0 Å². The number of hydrogen-bond donors (Lipinski definition) is 0. The van der Waals surface area contributed by atoms with E-state index in [4.69, 9.17) is 23.6 Å². The van der Waals surface area contributed by atoms with Gasteiger partial charge in [0.15, 0.2) is 0 Å². The summed E-state index contributed by atoms with van der Waals surface area (Å²) in [6.07, 6.45) is 0. The van der Waals surface area contributed by atoms with Gasteiger partial charge >= 0.3 is 5.97 Å². The summed E-state index contributed by atoms with van der Waals surface area (Å²) >= 11 is 0. The lowest BCUT2D eigenvalue weighted by molar-refractivity contribution is 0.0526. The minimum Gasteiger partial charge on any atom is -0.497 e. The number of hydrogen-bond acceptors (Lipinski definition) is 6. The molecule has 168 valence electrons. The molecular weight excluding hydrogens is 418 g/mol. The van der Waals surface area contributed by atoms with E-state index in [2.05, 4.69) is 0 Å². The van der Waals surface area contributed by atoms with Crippen LogP contribution in [0, 0.1) is 0 Å². The molecule has 0 radical (unpaired) electrons. The SMILES string of the molecule is CCOC(=O)c1cccc(N=c2cc(-c3ccc(OC)cc3)oc3ccc(OCC)cc23)c1. The number of benzene rings is 3. The summed E-state index contributed by atoms with van der Waals surface area (Å²) in [7, 11) is 1.63. The van der Waals surface area contributed by atoms with Gasteiger partial charge < -0.3 is 18.6 Å². The zero-order valence-corrected chi connectivity index (χ0v) is 18.8. The monoisotopic (exact) mass is 443 g/mol. The van der Waals surface area contributed by atoms with Gasteiger partial charge in [-0.1, -0.05) is 6.07 Å². The van der Waals surface area contributed by atoms with Gasteiger partial charge in [-0.3, -0.25) is 0 Å². The molecule has 4 rings (SSSR count). The van der Waals surface area contributed by atoms with Gasteiger partial charge in [-0.15, -0.1) is 0 Å². The molecule has 0 aliphatic carbocycles. The summed E-state index contributed by atoms with van der Waals surface area (Å²) in [4.78, 5) is 17.0. The minimum atomic E-state index is -0.375. The Morgan fingerprint density at radius 3 is 2.42 bits per heavy atom. The van der Waals surface area contributed by atoms with Crippen molar-refractivity contribution in [3.63, 3.8) is 0 Å². The van der Waals surface area contributed by atoms with Crippen molar-refractivity contribution < 1.29 is 23.4 Å². The van der Waals surface area contributed by atoms with Crippen LogP contribution in [-0.2, 0) is 4.74 Å². The van der Waals surface area contributed by atoms with Crippen LogP contribution < -0.4 is 14.8 Å². The van der Waals surface area contributed by atoms with Crippen LogP contribution >= 0.6 is 0 Å². The van der Waals surface area contributed by atoms with Crippen molar-refractivity contribution in [3.8, 4) is 22.8 Å². The van der Waals surface area contributed by atoms with Gasteiger partial charge in [0.05, 0.1) is 36.9 Å². The van der Waals surface area contributed by atoms with E-state index in [9.17, 15) is 4.79 Å². The second-order valence-electron chi connectivity index (χ2n) is 7.20. The second kappa shape index (κ2) is 10.0. The second-order valence-corrected chi connectivity index (χ2v) is 7.20. The predicted octanol–water partition coefficient (Wildman–Crippen LogP) is 5.92. The summed E-state index contributed by atoms with van der Waals surface area (Å²) in [6, 6.07) is 22.2. The number of rotatable bonds is 7. The zero-order valence-electron chi connectivity index (χ0n) is 18.8. The molecule has 1 aromatic heterocycles. The Kier molecular flexibility index (Phi) is 6.74. The summed E-state index contributed by atoms with van der Waals surface area (Å²) in [5, 5.41) is 1.50. The normalized spacial score (nSPS) is 11.4. The van der Waals surface area contributed by atoms with Crippen LogP contribution in [0.15, 0.2) is 82.2 Å². The van der Waals surface area contributed by atoms with Gasteiger partial charge in [0.25, 0.3) is 0 Å². The van der Waals surface area contributed by atoms with Gasteiger partial charge in [-0.05, 0) is 74.5 Å². The molecule has 0 atom stereocenters. The fourth-order valence-electron chi connectivity index (χ4n) is 3.45. The summed E-state index contributed by atoms with van der Waals surface area (Å²) < 4.78 is 22.3. The Balaban J connectivity index is 1.89. The van der Waals surface area contributed by atoms with Crippen LogP contribution in [0.5, 0.6) is 11.5 Å². The molecule has 6 heteroatoms. The van der Waals surface area contributed by atoms with E-state index in [0.29, 0.717) is 41.2 Å². The van der Waals surface area contributed by atoms with E-state index >= 15 is 0 Å². The Morgan fingerprint density at radius 1 is 0.909 bits per heavy atom. The van der Waals surface area contributed by atoms with E-state index in [-0.39, 0.29) is 5.97 Å². The van der Waals surface area contributed by atoms with Crippen molar-refractivity contribution >= 4 is 22.6 Å². The molecule has 0 aliphatic rings. The average Bonchev–Trinajstić information content (AvgIpc) is 2.85. The van der Waals surface area contributed by atoms with Crippen molar-refractivity contribution in [3.05, 3.63) is 83.7 Å². The predicted molar refractivity (Wildman–Crippen MR) is 127 cm³/mol. The summed E-state index contributed by atoms with van der Waals surface area (Å²) in [6.45, 7) is 4.59. The number of nitrogens with zero attached hydrogens (tertiary/aromatic N) is 1. The van der Waals surface area contributed by atoms with E-state index in [1.54, 1.807) is 32.2 Å². The van der Waals surface area contributed by atoms with Gasteiger partial charge in [0, 0.05) is 17.0 Å². The van der Waals surface area contributed by atoms with Crippen LogP contribution in [-0.4, -0.2) is 26.3 Å². The highest BCUT2D eigenvalue weighted by atomic mass is 16.5. The fraction of sp³-hybridized carbons (Fsp3) is 0.185. The molecule has 0 aliphatic heterocycles. The number of carbonyl (C=O) groups is 1. The lowest BCUT2D eigenvalue weighted by Gasteiger charge is -2.08. The van der Waals surface area contributed by atoms with Crippen LogP contribution in [0.25, 0.3) is 22.3 Å². The van der Waals surface area contributed by atoms with Crippen molar-refractivity contribution in [2.75, 3.05) is 20.3 Å². The summed E-state index contributed by atoms with van der Waals surface area (Å²) in [5.74, 6) is 1.78. The first-order chi connectivity index (χ1) is 16.1. The maximum atomic E-state index is 12.2.